The van der Waals surface area contributed by atoms with Crippen molar-refractivity contribution in [3.05, 3.63) is 23.3 Å². The van der Waals surface area contributed by atoms with Gasteiger partial charge in [-0.3, -0.25) is 0 Å². The Morgan fingerprint density at radius 1 is 1.30 bits per heavy atom. The molecule has 0 aromatic heterocycles. The Bertz CT molecular complexity index is 606. The van der Waals surface area contributed by atoms with E-state index in [9.17, 15) is 13.5 Å². The summed E-state index contributed by atoms with van der Waals surface area (Å²) >= 11 is 0. The summed E-state index contributed by atoms with van der Waals surface area (Å²) in [4.78, 5) is 0.268. The minimum Gasteiger partial charge on any atom is -0.496 e. The fraction of sp³-hybridized carbons (Fsp3) is 0.571. The fourth-order valence-corrected chi connectivity index (χ4v) is 3.63. The molecule has 0 aliphatic heterocycles. The predicted molar refractivity (Wildman–Crippen MR) is 76.4 cm³/mol. The second kappa shape index (κ2) is 5.35. The third kappa shape index (κ3) is 2.97. The van der Waals surface area contributed by atoms with Crippen molar-refractivity contribution in [3.63, 3.8) is 0 Å². The zero-order valence-electron chi connectivity index (χ0n) is 12.1. The molecule has 0 atom stereocenters. The molecule has 2 rings (SSSR count). The molecule has 2 N–H and O–H groups in total. The predicted octanol–water partition coefficient (Wildman–Crippen LogP) is 1.36. The molecule has 5 nitrogen and oxygen atoms in total. The van der Waals surface area contributed by atoms with E-state index >= 15 is 0 Å². The van der Waals surface area contributed by atoms with Crippen molar-refractivity contribution in [3.8, 4) is 5.75 Å². The molecule has 0 bridgehead atoms. The highest BCUT2D eigenvalue weighted by molar-refractivity contribution is 7.89. The second-order valence-electron chi connectivity index (χ2n) is 5.57. The van der Waals surface area contributed by atoms with Crippen molar-refractivity contribution in [2.45, 2.75) is 31.6 Å². The number of ether oxygens (including phenoxy) is 1. The molecule has 6 heteroatoms. The highest BCUT2D eigenvalue weighted by Crippen LogP contribution is 2.44. The van der Waals surface area contributed by atoms with Crippen molar-refractivity contribution in [1.29, 1.82) is 0 Å². The van der Waals surface area contributed by atoms with Crippen molar-refractivity contribution in [1.82, 2.24) is 4.72 Å². The van der Waals surface area contributed by atoms with Crippen LogP contribution in [0.15, 0.2) is 17.0 Å². The summed E-state index contributed by atoms with van der Waals surface area (Å²) in [6, 6.07) is 3.35. The lowest BCUT2D eigenvalue weighted by Crippen LogP contribution is -2.32. The minimum atomic E-state index is -3.56. The number of benzene rings is 1. The average molecular weight is 299 g/mol. The zero-order chi connectivity index (χ0) is 15.0. The van der Waals surface area contributed by atoms with E-state index < -0.39 is 10.0 Å². The standard InChI is InChI=1S/C14H21NO4S/c1-10-7-13(11(2)6-12(10)19-3)20(17,18)15-8-14(9-16)4-5-14/h6-7,15-16H,4-5,8-9H2,1-3H3. The summed E-state index contributed by atoms with van der Waals surface area (Å²) < 4.78 is 32.5. The monoisotopic (exact) mass is 299 g/mol. The number of methoxy groups -OCH3 is 1. The Labute approximate surface area is 120 Å². The summed E-state index contributed by atoms with van der Waals surface area (Å²) in [5, 5.41) is 9.24. The van der Waals surface area contributed by atoms with Gasteiger partial charge in [-0.05, 0) is 49.9 Å². The first kappa shape index (κ1) is 15.3. The molecule has 1 aromatic carbocycles. The third-order valence-corrected chi connectivity index (χ3v) is 5.45. The van der Waals surface area contributed by atoms with Crippen molar-refractivity contribution in [2.24, 2.45) is 5.41 Å². The highest BCUT2D eigenvalue weighted by Gasteiger charge is 2.42. The number of hydrogen-bond donors (Lipinski definition) is 2. The number of rotatable bonds is 6. The van der Waals surface area contributed by atoms with Gasteiger partial charge in [0, 0.05) is 18.6 Å². The van der Waals surface area contributed by atoms with Crippen LogP contribution in [0.4, 0.5) is 0 Å². The van der Waals surface area contributed by atoms with Crippen LogP contribution in [0.2, 0.25) is 0 Å². The molecule has 1 aliphatic carbocycles. The quantitative estimate of drug-likeness (QED) is 0.831. The van der Waals surface area contributed by atoms with Crippen LogP contribution < -0.4 is 9.46 Å². The van der Waals surface area contributed by atoms with Gasteiger partial charge in [0.1, 0.15) is 5.75 Å². The first-order valence-electron chi connectivity index (χ1n) is 6.59. The molecule has 0 radical (unpaired) electrons. The molecular weight excluding hydrogens is 278 g/mol. The number of nitrogens with one attached hydrogen (secondary N) is 1. The van der Waals surface area contributed by atoms with E-state index in [4.69, 9.17) is 4.74 Å². The van der Waals surface area contributed by atoms with Gasteiger partial charge in [0.2, 0.25) is 10.0 Å². The van der Waals surface area contributed by atoms with Gasteiger partial charge in [0.25, 0.3) is 0 Å². The SMILES string of the molecule is COc1cc(C)c(S(=O)(=O)NCC2(CO)CC2)cc1C. The molecule has 0 saturated heterocycles. The van der Waals surface area contributed by atoms with Crippen molar-refractivity contribution >= 4 is 10.0 Å². The van der Waals surface area contributed by atoms with Crippen LogP contribution in [0, 0.1) is 19.3 Å². The van der Waals surface area contributed by atoms with Crippen LogP contribution in [0.1, 0.15) is 24.0 Å². The Kier molecular flexibility index (Phi) is 4.09. The second-order valence-corrected chi connectivity index (χ2v) is 7.31. The number of aliphatic hydroxyl groups excluding tert-OH is 1. The highest BCUT2D eigenvalue weighted by atomic mass is 32.2. The lowest BCUT2D eigenvalue weighted by Gasteiger charge is -2.15. The molecule has 0 unspecified atom stereocenters. The van der Waals surface area contributed by atoms with E-state index in [0.717, 1.165) is 18.4 Å². The van der Waals surface area contributed by atoms with Gasteiger partial charge in [-0.2, -0.15) is 0 Å². The van der Waals surface area contributed by atoms with Gasteiger partial charge in [-0.15, -0.1) is 0 Å². The van der Waals surface area contributed by atoms with E-state index in [1.54, 1.807) is 26.2 Å². The van der Waals surface area contributed by atoms with Crippen LogP contribution in [0.3, 0.4) is 0 Å². The lowest BCUT2D eigenvalue weighted by molar-refractivity contribution is 0.213. The van der Waals surface area contributed by atoms with E-state index in [1.807, 2.05) is 6.92 Å². The molecular formula is C14H21NO4S. The molecule has 20 heavy (non-hydrogen) atoms. The topological polar surface area (TPSA) is 75.6 Å². The zero-order valence-corrected chi connectivity index (χ0v) is 12.9. The van der Waals surface area contributed by atoms with E-state index in [0.29, 0.717) is 11.3 Å². The molecule has 0 spiro atoms. The van der Waals surface area contributed by atoms with E-state index in [2.05, 4.69) is 4.72 Å². The average Bonchev–Trinajstić information content (AvgIpc) is 3.19. The first-order chi connectivity index (χ1) is 9.33. The van der Waals surface area contributed by atoms with Crippen LogP contribution in [0.5, 0.6) is 5.75 Å². The van der Waals surface area contributed by atoms with Crippen LogP contribution in [0.25, 0.3) is 0 Å². The van der Waals surface area contributed by atoms with Gasteiger partial charge in [-0.1, -0.05) is 0 Å². The molecule has 1 fully saturated rings. The Morgan fingerprint density at radius 2 is 1.95 bits per heavy atom. The van der Waals surface area contributed by atoms with Gasteiger partial charge in [-0.25, -0.2) is 13.1 Å². The van der Waals surface area contributed by atoms with Crippen molar-refractivity contribution < 1.29 is 18.3 Å². The van der Waals surface area contributed by atoms with Crippen molar-refractivity contribution in [2.75, 3.05) is 20.3 Å². The Morgan fingerprint density at radius 3 is 2.45 bits per heavy atom. The summed E-state index contributed by atoms with van der Waals surface area (Å²) in [6.07, 6.45) is 1.74. The maximum Gasteiger partial charge on any atom is 0.240 e. The van der Waals surface area contributed by atoms with Gasteiger partial charge in [0.05, 0.1) is 12.0 Å². The maximum atomic E-state index is 12.4. The molecule has 1 saturated carbocycles. The smallest absolute Gasteiger partial charge is 0.240 e. The molecule has 1 aliphatic rings. The van der Waals surface area contributed by atoms with Crippen LogP contribution in [-0.4, -0.2) is 33.8 Å². The summed E-state index contributed by atoms with van der Waals surface area (Å²) in [6.45, 7) is 3.87. The molecule has 1 aromatic rings. The summed E-state index contributed by atoms with van der Waals surface area (Å²) in [7, 11) is -2.00. The Hall–Kier alpha value is -1.11. The van der Waals surface area contributed by atoms with E-state index in [-0.39, 0.29) is 23.5 Å². The van der Waals surface area contributed by atoms with Crippen LogP contribution >= 0.6 is 0 Å². The maximum absolute atomic E-state index is 12.4. The Balaban J connectivity index is 2.23. The summed E-state index contributed by atoms with van der Waals surface area (Å²) in [5.74, 6) is 0.676. The fourth-order valence-electron chi connectivity index (χ4n) is 2.17. The number of aliphatic hydroxyl groups is 1. The molecule has 0 amide bonds. The normalized spacial score (nSPS) is 17.0. The lowest BCUT2D eigenvalue weighted by atomic mass is 10.1. The first-order valence-corrected chi connectivity index (χ1v) is 8.08. The van der Waals surface area contributed by atoms with Gasteiger partial charge < -0.3 is 9.84 Å². The largest absolute Gasteiger partial charge is 0.496 e. The number of hydrogen-bond acceptors (Lipinski definition) is 4. The van der Waals surface area contributed by atoms with Crippen LogP contribution in [-0.2, 0) is 10.0 Å². The number of sulfonamides is 1. The summed E-state index contributed by atoms with van der Waals surface area (Å²) in [5.41, 5.74) is 1.18. The van der Waals surface area contributed by atoms with Gasteiger partial charge in [0.15, 0.2) is 0 Å². The third-order valence-electron chi connectivity index (χ3n) is 3.91. The minimum absolute atomic E-state index is 0.0240. The molecule has 112 valence electrons. The number of aryl methyl sites for hydroxylation is 2. The van der Waals surface area contributed by atoms with E-state index in [1.165, 1.54) is 0 Å². The van der Waals surface area contributed by atoms with Gasteiger partial charge >= 0.3 is 0 Å². The molecule has 0 heterocycles.